The lowest BCUT2D eigenvalue weighted by Gasteiger charge is -2.09. The van der Waals surface area contributed by atoms with E-state index in [0.717, 1.165) is 11.3 Å². The Morgan fingerprint density at radius 3 is 2.32 bits per heavy atom. The molecule has 1 N–H and O–H groups in total. The predicted octanol–water partition coefficient (Wildman–Crippen LogP) is 2.61. The zero-order valence-corrected chi connectivity index (χ0v) is 14.6. The van der Waals surface area contributed by atoms with Crippen LogP contribution in [-0.4, -0.2) is 24.1 Å². The van der Waals surface area contributed by atoms with Crippen LogP contribution in [0.1, 0.15) is 21.6 Å². The van der Waals surface area contributed by atoms with E-state index in [1.807, 2.05) is 31.2 Å². The zero-order valence-electron chi connectivity index (χ0n) is 13.8. The van der Waals surface area contributed by atoms with E-state index in [4.69, 9.17) is 0 Å². The Hall–Kier alpha value is -2.93. The average Bonchev–Trinajstić information content (AvgIpc) is 2.97. The second-order valence-corrected chi connectivity index (χ2v) is 7.27. The van der Waals surface area contributed by atoms with E-state index in [2.05, 4.69) is 9.82 Å². The highest BCUT2D eigenvalue weighted by atomic mass is 32.2. The third kappa shape index (κ3) is 3.32. The van der Waals surface area contributed by atoms with Crippen LogP contribution in [0.3, 0.4) is 0 Å². The highest BCUT2D eigenvalue weighted by Crippen LogP contribution is 2.18. The molecule has 0 aliphatic rings. The molecule has 128 valence electrons. The fraction of sp³-hybridized carbons (Fsp3) is 0.111. The summed E-state index contributed by atoms with van der Waals surface area (Å²) in [6.45, 7) is 3.67. The molecule has 0 fully saturated rings. The average molecular weight is 355 g/mol. The van der Waals surface area contributed by atoms with Gasteiger partial charge in [-0.3, -0.25) is 4.79 Å². The van der Waals surface area contributed by atoms with E-state index in [1.54, 1.807) is 29.8 Å². The number of nitrogens with one attached hydrogen (secondary N) is 1. The van der Waals surface area contributed by atoms with E-state index >= 15 is 0 Å². The normalized spacial score (nSPS) is 11.3. The monoisotopic (exact) mass is 355 g/mol. The third-order valence-electron chi connectivity index (χ3n) is 3.88. The molecule has 3 rings (SSSR count). The number of aromatic nitrogens is 2. The van der Waals surface area contributed by atoms with Crippen LogP contribution in [0, 0.1) is 13.8 Å². The summed E-state index contributed by atoms with van der Waals surface area (Å²) in [6, 6.07) is 15.4. The van der Waals surface area contributed by atoms with Crippen LogP contribution in [-0.2, 0) is 10.0 Å². The van der Waals surface area contributed by atoms with Crippen molar-refractivity contribution in [2.75, 3.05) is 0 Å². The van der Waals surface area contributed by atoms with Gasteiger partial charge in [0, 0.05) is 0 Å². The van der Waals surface area contributed by atoms with E-state index in [1.165, 1.54) is 18.3 Å². The zero-order chi connectivity index (χ0) is 18.0. The van der Waals surface area contributed by atoms with Gasteiger partial charge in [0.2, 0.25) is 0 Å². The minimum Gasteiger partial charge on any atom is -0.268 e. The smallest absolute Gasteiger partial charge is 0.268 e. The number of carbonyl (C=O) groups excluding carboxylic acids is 1. The van der Waals surface area contributed by atoms with Crippen LogP contribution < -0.4 is 4.72 Å². The molecule has 1 heterocycles. The highest BCUT2D eigenvalue weighted by molar-refractivity contribution is 7.90. The number of amides is 1. The van der Waals surface area contributed by atoms with Gasteiger partial charge >= 0.3 is 0 Å². The maximum absolute atomic E-state index is 12.4. The van der Waals surface area contributed by atoms with Gasteiger partial charge in [-0.1, -0.05) is 36.4 Å². The van der Waals surface area contributed by atoms with Crippen molar-refractivity contribution in [1.29, 1.82) is 0 Å². The Kier molecular flexibility index (Phi) is 4.41. The number of para-hydroxylation sites is 1. The molecule has 0 radical (unpaired) electrons. The number of rotatable bonds is 4. The molecule has 2 aromatic carbocycles. The molecule has 0 unspecified atom stereocenters. The van der Waals surface area contributed by atoms with Crippen molar-refractivity contribution in [3.8, 4) is 5.69 Å². The van der Waals surface area contributed by atoms with Crippen LogP contribution in [0.4, 0.5) is 0 Å². The molecule has 6 nitrogen and oxygen atoms in total. The molecule has 0 aliphatic carbocycles. The summed E-state index contributed by atoms with van der Waals surface area (Å²) >= 11 is 0. The van der Waals surface area contributed by atoms with E-state index in [9.17, 15) is 13.2 Å². The van der Waals surface area contributed by atoms with Crippen LogP contribution in [0.15, 0.2) is 65.7 Å². The number of benzene rings is 2. The van der Waals surface area contributed by atoms with Gasteiger partial charge in [-0.15, -0.1) is 0 Å². The van der Waals surface area contributed by atoms with Crippen molar-refractivity contribution in [2.45, 2.75) is 18.7 Å². The Morgan fingerprint density at radius 2 is 1.64 bits per heavy atom. The molecule has 1 amide bonds. The number of nitrogens with zero attached hydrogens (tertiary/aromatic N) is 2. The second-order valence-electron chi connectivity index (χ2n) is 5.59. The summed E-state index contributed by atoms with van der Waals surface area (Å²) in [4.78, 5) is 12.5. The lowest BCUT2D eigenvalue weighted by Crippen LogP contribution is -2.30. The molecule has 0 saturated heterocycles. The summed E-state index contributed by atoms with van der Waals surface area (Å²) in [5, 5.41) is 4.23. The minimum atomic E-state index is -3.92. The Bertz CT molecular complexity index is 1020. The topological polar surface area (TPSA) is 81.1 Å². The lowest BCUT2D eigenvalue weighted by atomic mass is 10.2. The summed E-state index contributed by atoms with van der Waals surface area (Å²) in [6.07, 6.45) is 1.37. The predicted molar refractivity (Wildman–Crippen MR) is 94.1 cm³/mol. The summed E-state index contributed by atoms with van der Waals surface area (Å²) in [5.41, 5.74) is 2.61. The van der Waals surface area contributed by atoms with Crippen molar-refractivity contribution >= 4 is 15.9 Å². The molecule has 0 aliphatic heterocycles. The molecule has 3 aromatic rings. The molecule has 0 spiro atoms. The van der Waals surface area contributed by atoms with Gasteiger partial charge in [0.1, 0.15) is 0 Å². The molecular weight excluding hydrogens is 338 g/mol. The van der Waals surface area contributed by atoms with Crippen LogP contribution in [0.2, 0.25) is 0 Å². The van der Waals surface area contributed by atoms with E-state index < -0.39 is 15.9 Å². The second kappa shape index (κ2) is 6.52. The largest absolute Gasteiger partial charge is 0.268 e. The maximum atomic E-state index is 12.4. The molecule has 7 heteroatoms. The van der Waals surface area contributed by atoms with Gasteiger partial charge in [-0.25, -0.2) is 17.8 Å². The third-order valence-corrected chi connectivity index (χ3v) is 5.23. The van der Waals surface area contributed by atoms with E-state index in [-0.39, 0.29) is 10.5 Å². The van der Waals surface area contributed by atoms with Gasteiger partial charge < -0.3 is 0 Å². The minimum absolute atomic E-state index is 0.0345. The lowest BCUT2D eigenvalue weighted by molar-refractivity contribution is 0.0981. The first-order valence-corrected chi connectivity index (χ1v) is 9.11. The quantitative estimate of drug-likeness (QED) is 0.780. The van der Waals surface area contributed by atoms with Gasteiger partial charge in [-0.2, -0.15) is 5.10 Å². The van der Waals surface area contributed by atoms with Gasteiger partial charge in [0.05, 0.1) is 28.0 Å². The van der Waals surface area contributed by atoms with Crippen LogP contribution in [0.25, 0.3) is 5.69 Å². The Labute approximate surface area is 146 Å². The molecular formula is C18H17N3O3S. The number of sulfonamides is 1. The first-order chi connectivity index (χ1) is 11.9. The number of carbonyl (C=O) groups is 1. The number of hydrogen-bond donors (Lipinski definition) is 1. The van der Waals surface area contributed by atoms with Crippen molar-refractivity contribution in [3.05, 3.63) is 77.6 Å². The van der Waals surface area contributed by atoms with Gasteiger partial charge in [0.25, 0.3) is 15.9 Å². The fourth-order valence-electron chi connectivity index (χ4n) is 2.51. The molecule has 0 atom stereocenters. The summed E-state index contributed by atoms with van der Waals surface area (Å²) in [7, 11) is -3.92. The number of aryl methyl sites for hydroxylation is 1. The summed E-state index contributed by atoms with van der Waals surface area (Å²) < 4.78 is 28.3. The van der Waals surface area contributed by atoms with Crippen molar-refractivity contribution in [1.82, 2.24) is 14.5 Å². The molecule has 1 aromatic heterocycles. The maximum Gasteiger partial charge on any atom is 0.268 e. The molecule has 0 saturated carbocycles. The van der Waals surface area contributed by atoms with Gasteiger partial charge in [0.15, 0.2) is 0 Å². The van der Waals surface area contributed by atoms with Crippen molar-refractivity contribution < 1.29 is 13.2 Å². The standard InChI is InChI=1S/C18H17N3O3S/c1-13-8-6-7-11-17(13)21-14(2)16(12-19-21)18(22)20-25(23,24)15-9-4-3-5-10-15/h3-12H,1-2H3,(H,20,22). The highest BCUT2D eigenvalue weighted by Gasteiger charge is 2.22. The van der Waals surface area contributed by atoms with Crippen molar-refractivity contribution in [3.63, 3.8) is 0 Å². The first-order valence-electron chi connectivity index (χ1n) is 7.63. The van der Waals surface area contributed by atoms with Crippen LogP contribution in [0.5, 0.6) is 0 Å². The van der Waals surface area contributed by atoms with E-state index in [0.29, 0.717) is 5.69 Å². The fourth-order valence-corrected chi connectivity index (χ4v) is 3.50. The first kappa shape index (κ1) is 16.9. The SMILES string of the molecule is Cc1ccccc1-n1ncc(C(=O)NS(=O)(=O)c2ccccc2)c1C. The molecule has 0 bridgehead atoms. The van der Waals surface area contributed by atoms with Crippen molar-refractivity contribution in [2.24, 2.45) is 0 Å². The summed E-state index contributed by atoms with van der Waals surface area (Å²) in [5.74, 6) is -0.707. The Morgan fingerprint density at radius 1 is 1.00 bits per heavy atom. The van der Waals surface area contributed by atoms with Crippen LogP contribution >= 0.6 is 0 Å². The number of hydrogen-bond acceptors (Lipinski definition) is 4. The molecule has 25 heavy (non-hydrogen) atoms. The van der Waals surface area contributed by atoms with Gasteiger partial charge in [-0.05, 0) is 37.6 Å². The Balaban J connectivity index is 1.91.